The molecule has 1 aliphatic carbocycles. The number of Topliss-reactive ketones (excluding diaryl/α,β-unsaturated/α-hetero) is 1. The van der Waals surface area contributed by atoms with Gasteiger partial charge in [-0.2, -0.15) is 0 Å². The Bertz CT molecular complexity index is 529. The summed E-state index contributed by atoms with van der Waals surface area (Å²) < 4.78 is 10.7. The van der Waals surface area contributed by atoms with Crippen molar-refractivity contribution in [3.8, 4) is 0 Å². The van der Waals surface area contributed by atoms with Gasteiger partial charge in [0.2, 0.25) is 5.78 Å². The third-order valence-electron chi connectivity index (χ3n) is 3.47. The van der Waals surface area contributed by atoms with E-state index < -0.39 is 17.2 Å². The monoisotopic (exact) mass is 274 g/mol. The summed E-state index contributed by atoms with van der Waals surface area (Å²) in [5, 5.41) is 10.6. The van der Waals surface area contributed by atoms with E-state index in [9.17, 15) is 9.90 Å². The van der Waals surface area contributed by atoms with Crippen LogP contribution in [0.5, 0.6) is 0 Å². The summed E-state index contributed by atoms with van der Waals surface area (Å²) in [4.78, 5) is 12.8. The normalized spacial score (nSPS) is 21.9. The molecule has 0 amide bonds. The first-order valence-electron chi connectivity index (χ1n) is 6.36. The van der Waals surface area contributed by atoms with Gasteiger partial charge >= 0.3 is 0 Å². The number of ketones is 1. The molecule has 1 aromatic rings. The highest BCUT2D eigenvalue weighted by Gasteiger charge is 2.50. The maximum absolute atomic E-state index is 12.8. The summed E-state index contributed by atoms with van der Waals surface area (Å²) in [5.74, 6) is -2.16. The van der Waals surface area contributed by atoms with Crippen molar-refractivity contribution in [3.05, 3.63) is 60.2 Å². The lowest BCUT2D eigenvalue weighted by Gasteiger charge is -2.36. The summed E-state index contributed by atoms with van der Waals surface area (Å²) in [6.07, 6.45) is 6.82. The largest absolute Gasteiger partial charge is 0.377 e. The van der Waals surface area contributed by atoms with E-state index in [0.717, 1.165) is 0 Å². The van der Waals surface area contributed by atoms with Gasteiger partial charge in [0.1, 0.15) is 0 Å². The van der Waals surface area contributed by atoms with E-state index in [2.05, 4.69) is 0 Å². The van der Waals surface area contributed by atoms with Gasteiger partial charge in [0.15, 0.2) is 5.60 Å². The van der Waals surface area contributed by atoms with Crippen molar-refractivity contribution >= 4 is 5.78 Å². The van der Waals surface area contributed by atoms with Crippen molar-refractivity contribution in [3.63, 3.8) is 0 Å². The number of carbonyl (C=O) groups is 1. The first kappa shape index (κ1) is 14.7. The van der Waals surface area contributed by atoms with Crippen LogP contribution in [0.1, 0.15) is 12.0 Å². The van der Waals surface area contributed by atoms with Gasteiger partial charge in [0, 0.05) is 26.2 Å². The molecule has 2 rings (SSSR count). The van der Waals surface area contributed by atoms with Crippen molar-refractivity contribution < 1.29 is 19.4 Å². The molecule has 0 unspecified atom stereocenters. The number of hydrogen-bond donors (Lipinski definition) is 1. The Balaban J connectivity index is 2.46. The first-order chi connectivity index (χ1) is 9.59. The highest BCUT2D eigenvalue weighted by Crippen LogP contribution is 2.34. The van der Waals surface area contributed by atoms with Crippen LogP contribution in [0.2, 0.25) is 0 Å². The molecule has 0 heterocycles. The van der Waals surface area contributed by atoms with E-state index in [1.165, 1.54) is 20.3 Å². The van der Waals surface area contributed by atoms with Crippen LogP contribution < -0.4 is 0 Å². The van der Waals surface area contributed by atoms with Gasteiger partial charge in [0.05, 0.1) is 0 Å². The minimum Gasteiger partial charge on any atom is -0.377 e. The molecule has 20 heavy (non-hydrogen) atoms. The van der Waals surface area contributed by atoms with Crippen LogP contribution in [0, 0.1) is 0 Å². The Morgan fingerprint density at radius 2 is 1.85 bits per heavy atom. The average Bonchev–Trinajstić information content (AvgIpc) is 2.51. The minimum atomic E-state index is -1.63. The molecule has 1 aliphatic rings. The fourth-order valence-electron chi connectivity index (χ4n) is 2.36. The van der Waals surface area contributed by atoms with Gasteiger partial charge in [-0.3, -0.25) is 4.79 Å². The lowest BCUT2D eigenvalue weighted by Crippen LogP contribution is -2.52. The van der Waals surface area contributed by atoms with Crippen LogP contribution in [-0.2, 0) is 20.1 Å². The Labute approximate surface area is 118 Å². The van der Waals surface area contributed by atoms with Crippen molar-refractivity contribution in [1.82, 2.24) is 0 Å². The van der Waals surface area contributed by atoms with Crippen molar-refractivity contribution in [2.45, 2.75) is 17.8 Å². The fraction of sp³-hybridized carbons (Fsp3) is 0.312. The molecule has 0 saturated heterocycles. The van der Waals surface area contributed by atoms with E-state index in [1.807, 2.05) is 6.07 Å². The molecule has 1 atom stereocenters. The lowest BCUT2D eigenvalue weighted by atomic mass is 9.83. The molecule has 0 radical (unpaired) electrons. The lowest BCUT2D eigenvalue weighted by molar-refractivity contribution is -0.224. The predicted molar refractivity (Wildman–Crippen MR) is 75.0 cm³/mol. The zero-order chi connectivity index (χ0) is 14.6. The number of rotatable bonds is 5. The molecule has 4 nitrogen and oxygen atoms in total. The molecule has 0 fully saturated rings. The van der Waals surface area contributed by atoms with Crippen LogP contribution in [0.4, 0.5) is 0 Å². The number of allylic oxidation sites excluding steroid dienone is 2. The van der Waals surface area contributed by atoms with Gasteiger partial charge in [-0.15, -0.1) is 0 Å². The van der Waals surface area contributed by atoms with E-state index >= 15 is 0 Å². The van der Waals surface area contributed by atoms with Gasteiger partial charge in [0.25, 0.3) is 5.79 Å². The fourth-order valence-corrected chi connectivity index (χ4v) is 2.36. The number of carbonyl (C=O) groups excluding carboxylic acids is 1. The Kier molecular flexibility index (Phi) is 4.18. The number of ether oxygens (including phenoxy) is 2. The van der Waals surface area contributed by atoms with Crippen LogP contribution in [0.15, 0.2) is 54.6 Å². The standard InChI is InChI=1S/C16H18O4/c1-19-16(20-2,13-9-5-3-6-10-13)14(17)15(18)11-7-4-8-12-15/h3-11,18H,12H2,1-2H3/t15-/m0/s1. The first-order valence-corrected chi connectivity index (χ1v) is 6.36. The Hall–Kier alpha value is -1.75. The zero-order valence-corrected chi connectivity index (χ0v) is 11.6. The molecular weight excluding hydrogens is 256 g/mol. The smallest absolute Gasteiger partial charge is 0.259 e. The number of hydrogen-bond acceptors (Lipinski definition) is 4. The molecule has 106 valence electrons. The zero-order valence-electron chi connectivity index (χ0n) is 11.6. The summed E-state index contributed by atoms with van der Waals surface area (Å²) in [6, 6.07) is 8.88. The van der Waals surface area contributed by atoms with E-state index in [1.54, 1.807) is 42.5 Å². The quantitative estimate of drug-likeness (QED) is 0.834. The molecular formula is C16H18O4. The average molecular weight is 274 g/mol. The van der Waals surface area contributed by atoms with Gasteiger partial charge in [-0.05, 0) is 6.08 Å². The molecule has 0 spiro atoms. The van der Waals surface area contributed by atoms with Crippen LogP contribution in [0.3, 0.4) is 0 Å². The maximum atomic E-state index is 12.8. The predicted octanol–water partition coefficient (Wildman–Crippen LogP) is 1.95. The molecule has 1 aromatic carbocycles. The summed E-state index contributed by atoms with van der Waals surface area (Å²) >= 11 is 0. The Morgan fingerprint density at radius 3 is 2.35 bits per heavy atom. The minimum absolute atomic E-state index is 0.198. The highest BCUT2D eigenvalue weighted by molar-refractivity contribution is 5.96. The van der Waals surface area contributed by atoms with Crippen molar-refractivity contribution in [1.29, 1.82) is 0 Å². The van der Waals surface area contributed by atoms with Crippen molar-refractivity contribution in [2.75, 3.05) is 14.2 Å². The third-order valence-corrected chi connectivity index (χ3v) is 3.47. The second kappa shape index (κ2) is 5.71. The van der Waals surface area contributed by atoms with Gasteiger partial charge in [-0.25, -0.2) is 0 Å². The summed E-state index contributed by atoms with van der Waals surface area (Å²) in [6.45, 7) is 0. The van der Waals surface area contributed by atoms with Crippen molar-refractivity contribution in [2.24, 2.45) is 0 Å². The number of aliphatic hydroxyl groups is 1. The highest BCUT2D eigenvalue weighted by atomic mass is 16.7. The van der Waals surface area contributed by atoms with E-state index in [-0.39, 0.29) is 6.42 Å². The second-order valence-electron chi connectivity index (χ2n) is 4.64. The molecule has 0 saturated carbocycles. The molecule has 1 N–H and O–H groups in total. The van der Waals surface area contributed by atoms with Crippen LogP contribution >= 0.6 is 0 Å². The van der Waals surface area contributed by atoms with Gasteiger partial charge < -0.3 is 14.6 Å². The van der Waals surface area contributed by atoms with Gasteiger partial charge in [-0.1, -0.05) is 48.6 Å². The maximum Gasteiger partial charge on any atom is 0.259 e. The third kappa shape index (κ3) is 2.33. The molecule has 0 bridgehead atoms. The number of benzene rings is 1. The summed E-state index contributed by atoms with van der Waals surface area (Å²) in [7, 11) is 2.78. The molecule has 4 heteroatoms. The molecule has 0 aliphatic heterocycles. The van der Waals surface area contributed by atoms with Crippen LogP contribution in [-0.4, -0.2) is 30.7 Å². The van der Waals surface area contributed by atoms with Crippen LogP contribution in [0.25, 0.3) is 0 Å². The topological polar surface area (TPSA) is 55.8 Å². The second-order valence-corrected chi connectivity index (χ2v) is 4.64. The number of methoxy groups -OCH3 is 2. The summed E-state index contributed by atoms with van der Waals surface area (Å²) in [5.41, 5.74) is -1.08. The van der Waals surface area contributed by atoms with E-state index in [4.69, 9.17) is 9.47 Å². The van der Waals surface area contributed by atoms with E-state index in [0.29, 0.717) is 5.56 Å². The SMILES string of the molecule is COC(OC)(C(=O)[C@]1(O)C=CC=CC1)c1ccccc1. The Morgan fingerprint density at radius 1 is 1.20 bits per heavy atom. The molecule has 0 aromatic heterocycles.